The second-order valence-corrected chi connectivity index (χ2v) is 6.42. The summed E-state index contributed by atoms with van der Waals surface area (Å²) >= 11 is 0. The largest absolute Gasteiger partial charge is 0.394 e. The van der Waals surface area contributed by atoms with Crippen molar-refractivity contribution in [3.8, 4) is 0 Å². The lowest BCUT2D eigenvalue weighted by Gasteiger charge is -2.16. The van der Waals surface area contributed by atoms with Gasteiger partial charge < -0.3 is 20.3 Å². The van der Waals surface area contributed by atoms with E-state index < -0.39 is 0 Å². The van der Waals surface area contributed by atoms with Gasteiger partial charge in [-0.15, -0.1) is 0 Å². The molecule has 3 N–H and O–H groups in total. The van der Waals surface area contributed by atoms with E-state index in [4.69, 9.17) is 0 Å². The maximum atomic E-state index is 9.47. The number of aliphatic hydroxyl groups is 1. The Morgan fingerprint density at radius 3 is 2.69 bits per heavy atom. The van der Waals surface area contributed by atoms with E-state index in [2.05, 4.69) is 44.4 Å². The standard InChI is InChI=1S/C18H25N7O/c1-4-13(10-26)22-18-23-16(20-9-14-7-5-6-8-19-14)15-17(24-18)25(11-21-15)12(2)3/h5-8,11-13,26H,4,9-10H2,1-3H3,(H2,20,22,23,24)/t13-/m1/s1. The summed E-state index contributed by atoms with van der Waals surface area (Å²) in [5.74, 6) is 1.12. The lowest BCUT2D eigenvalue weighted by Crippen LogP contribution is -2.24. The van der Waals surface area contributed by atoms with Crippen molar-refractivity contribution in [2.45, 2.75) is 45.8 Å². The van der Waals surface area contributed by atoms with Gasteiger partial charge in [0, 0.05) is 12.2 Å². The summed E-state index contributed by atoms with van der Waals surface area (Å²) in [7, 11) is 0. The molecular weight excluding hydrogens is 330 g/mol. The van der Waals surface area contributed by atoms with Crippen molar-refractivity contribution in [2.75, 3.05) is 17.2 Å². The van der Waals surface area contributed by atoms with Crippen LogP contribution in [0.15, 0.2) is 30.7 Å². The van der Waals surface area contributed by atoms with Crippen molar-refractivity contribution >= 4 is 22.9 Å². The van der Waals surface area contributed by atoms with Crippen LogP contribution in [0.2, 0.25) is 0 Å². The molecule has 0 radical (unpaired) electrons. The molecule has 3 rings (SSSR count). The van der Waals surface area contributed by atoms with Gasteiger partial charge >= 0.3 is 0 Å². The van der Waals surface area contributed by atoms with E-state index in [-0.39, 0.29) is 18.7 Å². The average molecular weight is 355 g/mol. The number of rotatable bonds is 8. The third-order valence-corrected chi connectivity index (χ3v) is 4.19. The van der Waals surface area contributed by atoms with Gasteiger partial charge in [-0.1, -0.05) is 13.0 Å². The Labute approximate surface area is 152 Å². The molecule has 26 heavy (non-hydrogen) atoms. The van der Waals surface area contributed by atoms with E-state index >= 15 is 0 Å². The van der Waals surface area contributed by atoms with Crippen molar-refractivity contribution < 1.29 is 5.11 Å². The number of anilines is 2. The number of hydrogen-bond acceptors (Lipinski definition) is 7. The first-order valence-electron chi connectivity index (χ1n) is 8.88. The number of nitrogens with one attached hydrogen (secondary N) is 2. The number of fused-ring (bicyclic) bond motifs is 1. The highest BCUT2D eigenvalue weighted by Gasteiger charge is 2.16. The van der Waals surface area contributed by atoms with Gasteiger partial charge in [0.2, 0.25) is 5.95 Å². The van der Waals surface area contributed by atoms with E-state index in [1.807, 2.05) is 29.7 Å². The van der Waals surface area contributed by atoms with Crippen molar-refractivity contribution in [3.63, 3.8) is 0 Å². The first-order chi connectivity index (χ1) is 12.6. The lowest BCUT2D eigenvalue weighted by molar-refractivity contribution is 0.271. The molecule has 0 saturated heterocycles. The second-order valence-electron chi connectivity index (χ2n) is 6.42. The first kappa shape index (κ1) is 18.1. The van der Waals surface area contributed by atoms with Gasteiger partial charge in [0.05, 0.1) is 31.2 Å². The number of pyridine rings is 1. The first-order valence-corrected chi connectivity index (χ1v) is 8.88. The van der Waals surface area contributed by atoms with Gasteiger partial charge in [0.1, 0.15) is 0 Å². The van der Waals surface area contributed by atoms with Crippen LogP contribution in [-0.2, 0) is 6.54 Å². The molecule has 138 valence electrons. The summed E-state index contributed by atoms with van der Waals surface area (Å²) < 4.78 is 2.01. The molecule has 0 fully saturated rings. The molecule has 0 aromatic carbocycles. The van der Waals surface area contributed by atoms with E-state index in [9.17, 15) is 5.11 Å². The Morgan fingerprint density at radius 2 is 2.04 bits per heavy atom. The third-order valence-electron chi connectivity index (χ3n) is 4.19. The highest BCUT2D eigenvalue weighted by molar-refractivity contribution is 5.84. The van der Waals surface area contributed by atoms with Crippen molar-refractivity contribution in [1.29, 1.82) is 0 Å². The Hall–Kier alpha value is -2.74. The number of aliphatic hydroxyl groups excluding tert-OH is 1. The van der Waals surface area contributed by atoms with Crippen LogP contribution in [0, 0.1) is 0 Å². The van der Waals surface area contributed by atoms with Gasteiger partial charge in [-0.05, 0) is 32.4 Å². The Morgan fingerprint density at radius 1 is 1.19 bits per heavy atom. The summed E-state index contributed by atoms with van der Waals surface area (Å²) in [4.78, 5) is 18.0. The van der Waals surface area contributed by atoms with Gasteiger partial charge in [0.25, 0.3) is 0 Å². The van der Waals surface area contributed by atoms with Gasteiger partial charge in [-0.3, -0.25) is 4.98 Å². The van der Waals surface area contributed by atoms with Crippen LogP contribution in [-0.4, -0.2) is 42.3 Å². The minimum absolute atomic E-state index is 0.0258. The summed E-state index contributed by atoms with van der Waals surface area (Å²) in [6, 6.07) is 5.93. The number of imidazole rings is 1. The van der Waals surface area contributed by atoms with Gasteiger partial charge in [-0.2, -0.15) is 9.97 Å². The maximum absolute atomic E-state index is 9.47. The molecule has 1 atom stereocenters. The molecule has 3 aromatic heterocycles. The molecule has 0 aliphatic heterocycles. The van der Waals surface area contributed by atoms with Crippen LogP contribution >= 0.6 is 0 Å². The summed E-state index contributed by atoms with van der Waals surface area (Å²) in [5, 5.41) is 16.0. The van der Waals surface area contributed by atoms with Gasteiger partial charge in [-0.25, -0.2) is 4.98 Å². The Bertz CT molecular complexity index is 843. The van der Waals surface area contributed by atoms with Crippen LogP contribution < -0.4 is 10.6 Å². The van der Waals surface area contributed by atoms with E-state index in [0.29, 0.717) is 18.3 Å². The van der Waals surface area contributed by atoms with Crippen molar-refractivity contribution in [1.82, 2.24) is 24.5 Å². The van der Waals surface area contributed by atoms with E-state index in [0.717, 1.165) is 23.3 Å². The highest BCUT2D eigenvalue weighted by Crippen LogP contribution is 2.24. The zero-order chi connectivity index (χ0) is 18.5. The third kappa shape index (κ3) is 3.91. The predicted molar refractivity (Wildman–Crippen MR) is 102 cm³/mol. The van der Waals surface area contributed by atoms with Gasteiger partial charge in [0.15, 0.2) is 17.0 Å². The molecule has 0 saturated carbocycles. The zero-order valence-electron chi connectivity index (χ0n) is 15.3. The quantitative estimate of drug-likeness (QED) is 0.571. The molecule has 0 amide bonds. The number of aromatic nitrogens is 5. The van der Waals surface area contributed by atoms with E-state index in [1.54, 1.807) is 12.5 Å². The Kier molecular flexibility index (Phi) is 5.62. The normalized spacial score (nSPS) is 12.5. The number of nitrogens with zero attached hydrogens (tertiary/aromatic N) is 5. The predicted octanol–water partition coefficient (Wildman–Crippen LogP) is 2.60. The van der Waals surface area contributed by atoms with Crippen molar-refractivity contribution in [2.24, 2.45) is 0 Å². The molecule has 0 aliphatic carbocycles. The maximum Gasteiger partial charge on any atom is 0.227 e. The zero-order valence-corrected chi connectivity index (χ0v) is 15.3. The monoisotopic (exact) mass is 355 g/mol. The molecule has 0 unspecified atom stereocenters. The molecule has 3 heterocycles. The summed E-state index contributed by atoms with van der Waals surface area (Å²) in [5.41, 5.74) is 2.39. The molecule has 3 aromatic rings. The summed E-state index contributed by atoms with van der Waals surface area (Å²) in [6.45, 7) is 6.74. The van der Waals surface area contributed by atoms with Crippen LogP contribution in [0.1, 0.15) is 38.9 Å². The molecule has 0 aliphatic rings. The minimum Gasteiger partial charge on any atom is -0.394 e. The molecule has 0 spiro atoms. The second kappa shape index (κ2) is 8.09. The Balaban J connectivity index is 1.96. The lowest BCUT2D eigenvalue weighted by atomic mass is 10.2. The SMILES string of the molecule is CC[C@H](CO)Nc1nc(NCc2ccccn2)c2ncn(C(C)C)c2n1. The number of hydrogen-bond donors (Lipinski definition) is 3. The minimum atomic E-state index is -0.0912. The molecule has 8 heteroatoms. The highest BCUT2D eigenvalue weighted by atomic mass is 16.3. The fourth-order valence-corrected chi connectivity index (χ4v) is 2.62. The smallest absolute Gasteiger partial charge is 0.227 e. The van der Waals surface area contributed by atoms with Crippen LogP contribution in [0.5, 0.6) is 0 Å². The molecular formula is C18H25N7O. The topological polar surface area (TPSA) is 101 Å². The summed E-state index contributed by atoms with van der Waals surface area (Å²) in [6.07, 6.45) is 4.32. The fourth-order valence-electron chi connectivity index (χ4n) is 2.62. The van der Waals surface area contributed by atoms with Crippen LogP contribution in [0.3, 0.4) is 0 Å². The van der Waals surface area contributed by atoms with E-state index in [1.165, 1.54) is 0 Å². The van der Waals surface area contributed by atoms with Crippen LogP contribution in [0.25, 0.3) is 11.2 Å². The molecule has 8 nitrogen and oxygen atoms in total. The van der Waals surface area contributed by atoms with Crippen molar-refractivity contribution in [3.05, 3.63) is 36.4 Å². The van der Waals surface area contributed by atoms with Crippen LogP contribution in [0.4, 0.5) is 11.8 Å². The molecule has 0 bridgehead atoms. The average Bonchev–Trinajstić information content (AvgIpc) is 3.09. The fraction of sp³-hybridized carbons (Fsp3) is 0.444.